The number of rotatable bonds is 4. The molecule has 0 radical (unpaired) electrons. The highest BCUT2D eigenvalue weighted by Gasteiger charge is 2.43. The minimum absolute atomic E-state index is 0.0524. The summed E-state index contributed by atoms with van der Waals surface area (Å²) in [6.07, 6.45) is 3.96. The molecule has 2 aliphatic rings. The van der Waals surface area contributed by atoms with Crippen molar-refractivity contribution in [3.05, 3.63) is 29.8 Å². The Kier molecular flexibility index (Phi) is 3.35. The Labute approximate surface area is 116 Å². The maximum atomic E-state index is 13.6. The fourth-order valence-corrected chi connectivity index (χ4v) is 2.73. The average molecular weight is 278 g/mol. The van der Waals surface area contributed by atoms with E-state index in [-0.39, 0.29) is 11.9 Å². The molecule has 5 heteroatoms. The molecule has 2 aliphatic carbocycles. The lowest BCUT2D eigenvalue weighted by atomic mass is 9.99. The van der Waals surface area contributed by atoms with Gasteiger partial charge in [-0.2, -0.15) is 5.26 Å². The summed E-state index contributed by atoms with van der Waals surface area (Å²) in [7, 11) is 0. The molecule has 2 fully saturated rings. The van der Waals surface area contributed by atoms with Gasteiger partial charge in [0, 0.05) is 18.5 Å². The molecule has 0 heterocycles. The predicted molar refractivity (Wildman–Crippen MR) is 69.1 cm³/mol. The summed E-state index contributed by atoms with van der Waals surface area (Å²) in [5, 5.41) is 12.7. The van der Waals surface area contributed by atoms with Crippen LogP contribution in [0.15, 0.2) is 18.2 Å². The minimum atomic E-state index is -0.699. The third-order valence-electron chi connectivity index (χ3n) is 3.93. The van der Waals surface area contributed by atoms with Gasteiger partial charge in [0.15, 0.2) is 11.6 Å². The van der Waals surface area contributed by atoms with Crippen molar-refractivity contribution in [3.63, 3.8) is 0 Å². The molecule has 0 bridgehead atoms. The van der Waals surface area contributed by atoms with Crippen molar-refractivity contribution in [3.8, 4) is 11.8 Å². The van der Waals surface area contributed by atoms with Crippen LogP contribution < -0.4 is 10.1 Å². The second-order valence-electron chi connectivity index (χ2n) is 5.67. The van der Waals surface area contributed by atoms with Crippen molar-refractivity contribution in [1.82, 2.24) is 5.32 Å². The van der Waals surface area contributed by atoms with Crippen LogP contribution in [0.1, 0.15) is 32.1 Å². The molecule has 0 amide bonds. The van der Waals surface area contributed by atoms with Crippen LogP contribution in [-0.4, -0.2) is 17.7 Å². The zero-order valence-electron chi connectivity index (χ0n) is 11.0. The van der Waals surface area contributed by atoms with E-state index in [1.165, 1.54) is 12.1 Å². The smallest absolute Gasteiger partial charge is 0.167 e. The summed E-state index contributed by atoms with van der Waals surface area (Å²) in [6, 6.07) is 6.06. The van der Waals surface area contributed by atoms with E-state index < -0.39 is 17.2 Å². The van der Waals surface area contributed by atoms with Gasteiger partial charge in [-0.05, 0) is 37.8 Å². The SMILES string of the molecule is N#CC1(NC2CC2)CCC(Oc2ccc(F)cc2F)C1. The van der Waals surface area contributed by atoms with Crippen LogP contribution in [0.3, 0.4) is 0 Å². The Bertz CT molecular complexity index is 553. The quantitative estimate of drug-likeness (QED) is 0.921. The molecule has 2 unspecified atom stereocenters. The molecule has 20 heavy (non-hydrogen) atoms. The van der Waals surface area contributed by atoms with Crippen LogP contribution in [-0.2, 0) is 0 Å². The van der Waals surface area contributed by atoms with Crippen molar-refractivity contribution >= 4 is 0 Å². The molecule has 106 valence electrons. The third-order valence-corrected chi connectivity index (χ3v) is 3.93. The summed E-state index contributed by atoms with van der Waals surface area (Å²) >= 11 is 0. The van der Waals surface area contributed by atoms with E-state index in [2.05, 4.69) is 11.4 Å². The number of nitrogens with one attached hydrogen (secondary N) is 1. The molecule has 0 aliphatic heterocycles. The molecule has 1 N–H and O–H groups in total. The van der Waals surface area contributed by atoms with E-state index in [1.807, 2.05) is 0 Å². The van der Waals surface area contributed by atoms with Gasteiger partial charge in [-0.1, -0.05) is 0 Å². The van der Waals surface area contributed by atoms with Crippen LogP contribution in [0.2, 0.25) is 0 Å². The van der Waals surface area contributed by atoms with E-state index in [4.69, 9.17) is 4.74 Å². The first-order chi connectivity index (χ1) is 9.60. The maximum absolute atomic E-state index is 13.6. The summed E-state index contributed by atoms with van der Waals surface area (Å²) in [5.41, 5.74) is -0.553. The number of nitriles is 1. The fourth-order valence-electron chi connectivity index (χ4n) is 2.73. The number of ether oxygens (including phenoxy) is 1. The summed E-state index contributed by atoms with van der Waals surface area (Å²) in [4.78, 5) is 0. The van der Waals surface area contributed by atoms with Gasteiger partial charge in [0.05, 0.1) is 6.07 Å². The first-order valence-corrected chi connectivity index (χ1v) is 6.91. The first-order valence-electron chi connectivity index (χ1n) is 6.91. The van der Waals surface area contributed by atoms with Gasteiger partial charge in [-0.25, -0.2) is 8.78 Å². The highest BCUT2D eigenvalue weighted by atomic mass is 19.1. The number of hydrogen-bond acceptors (Lipinski definition) is 3. The van der Waals surface area contributed by atoms with Gasteiger partial charge in [-0.15, -0.1) is 0 Å². The lowest BCUT2D eigenvalue weighted by molar-refractivity contribution is 0.191. The van der Waals surface area contributed by atoms with Crippen molar-refractivity contribution < 1.29 is 13.5 Å². The highest BCUT2D eigenvalue weighted by Crippen LogP contribution is 2.36. The Morgan fingerprint density at radius 1 is 1.30 bits per heavy atom. The Hall–Kier alpha value is -1.67. The second-order valence-corrected chi connectivity index (χ2v) is 5.67. The van der Waals surface area contributed by atoms with Gasteiger partial charge in [0.2, 0.25) is 0 Å². The molecule has 2 atom stereocenters. The van der Waals surface area contributed by atoms with E-state index in [0.29, 0.717) is 25.3 Å². The standard InChI is InChI=1S/C15H16F2N2O/c16-10-1-4-14(13(17)7-10)20-12-5-6-15(8-12,9-18)19-11-2-3-11/h1,4,7,11-12,19H,2-3,5-6,8H2. The average Bonchev–Trinajstić information content (AvgIpc) is 3.13. The normalized spacial score (nSPS) is 29.1. The largest absolute Gasteiger partial charge is 0.487 e. The lowest BCUT2D eigenvalue weighted by Gasteiger charge is -2.22. The molecule has 3 rings (SSSR count). The Balaban J connectivity index is 1.66. The van der Waals surface area contributed by atoms with E-state index in [1.54, 1.807) is 0 Å². The number of nitrogens with zero attached hydrogens (tertiary/aromatic N) is 1. The number of benzene rings is 1. The molecule has 1 aromatic carbocycles. The summed E-state index contributed by atoms with van der Waals surface area (Å²) < 4.78 is 32.0. The van der Waals surface area contributed by atoms with Crippen LogP contribution >= 0.6 is 0 Å². The first kappa shape index (κ1) is 13.3. The highest BCUT2D eigenvalue weighted by molar-refractivity contribution is 5.25. The van der Waals surface area contributed by atoms with Crippen LogP contribution in [0, 0.1) is 23.0 Å². The summed E-state index contributed by atoms with van der Waals surface area (Å²) in [6.45, 7) is 0. The second kappa shape index (κ2) is 5.02. The van der Waals surface area contributed by atoms with Gasteiger partial charge in [0.25, 0.3) is 0 Å². The van der Waals surface area contributed by atoms with E-state index in [0.717, 1.165) is 18.9 Å². The van der Waals surface area contributed by atoms with Crippen molar-refractivity contribution in [2.24, 2.45) is 0 Å². The number of halogens is 2. The Morgan fingerprint density at radius 2 is 2.10 bits per heavy atom. The molecule has 0 aromatic heterocycles. The van der Waals surface area contributed by atoms with Crippen LogP contribution in [0.25, 0.3) is 0 Å². The van der Waals surface area contributed by atoms with E-state index >= 15 is 0 Å². The predicted octanol–water partition coefficient (Wildman–Crippen LogP) is 2.91. The van der Waals surface area contributed by atoms with E-state index in [9.17, 15) is 14.0 Å². The van der Waals surface area contributed by atoms with Gasteiger partial charge in [0.1, 0.15) is 17.5 Å². The lowest BCUT2D eigenvalue weighted by Crippen LogP contribution is -2.43. The molecule has 3 nitrogen and oxygen atoms in total. The van der Waals surface area contributed by atoms with Crippen LogP contribution in [0.5, 0.6) is 5.75 Å². The Morgan fingerprint density at radius 3 is 2.75 bits per heavy atom. The molecule has 0 saturated heterocycles. The zero-order valence-corrected chi connectivity index (χ0v) is 11.0. The van der Waals surface area contributed by atoms with Gasteiger partial charge < -0.3 is 4.74 Å². The monoisotopic (exact) mass is 278 g/mol. The number of hydrogen-bond donors (Lipinski definition) is 1. The molecular weight excluding hydrogens is 262 g/mol. The topological polar surface area (TPSA) is 45.0 Å². The molecular formula is C15H16F2N2O. The molecule has 0 spiro atoms. The summed E-state index contributed by atoms with van der Waals surface area (Å²) in [5.74, 6) is -1.27. The van der Waals surface area contributed by atoms with Gasteiger partial charge in [-0.3, -0.25) is 5.32 Å². The van der Waals surface area contributed by atoms with Crippen LogP contribution in [0.4, 0.5) is 8.78 Å². The third kappa shape index (κ3) is 2.75. The minimum Gasteiger partial charge on any atom is -0.487 e. The van der Waals surface area contributed by atoms with Gasteiger partial charge >= 0.3 is 0 Å². The van der Waals surface area contributed by atoms with Crippen molar-refractivity contribution in [2.75, 3.05) is 0 Å². The van der Waals surface area contributed by atoms with Crippen molar-refractivity contribution in [2.45, 2.75) is 49.8 Å². The maximum Gasteiger partial charge on any atom is 0.167 e. The molecule has 1 aromatic rings. The fraction of sp³-hybridized carbons (Fsp3) is 0.533. The van der Waals surface area contributed by atoms with Crippen molar-refractivity contribution in [1.29, 1.82) is 5.26 Å². The molecule has 2 saturated carbocycles. The zero-order chi connectivity index (χ0) is 14.2.